The van der Waals surface area contributed by atoms with Crippen LogP contribution >= 0.6 is 0 Å². The number of benzene rings is 1. The van der Waals surface area contributed by atoms with E-state index in [1.54, 1.807) is 0 Å². The van der Waals surface area contributed by atoms with Crippen LogP contribution in [-0.2, 0) is 6.54 Å². The fourth-order valence-corrected chi connectivity index (χ4v) is 1.88. The van der Waals surface area contributed by atoms with Gasteiger partial charge in [-0.05, 0) is 30.8 Å². The lowest BCUT2D eigenvalue weighted by Gasteiger charge is -2.24. The van der Waals surface area contributed by atoms with Crippen LogP contribution in [0.4, 0.5) is 5.69 Å². The van der Waals surface area contributed by atoms with E-state index in [4.69, 9.17) is 5.73 Å². The summed E-state index contributed by atoms with van der Waals surface area (Å²) in [7, 11) is 2.14. The van der Waals surface area contributed by atoms with Crippen molar-refractivity contribution >= 4 is 5.69 Å². The zero-order valence-corrected chi connectivity index (χ0v) is 11.3. The molecule has 96 valence electrons. The smallest absolute Gasteiger partial charge is 0.0367 e. The van der Waals surface area contributed by atoms with Crippen molar-refractivity contribution in [1.82, 2.24) is 4.90 Å². The van der Waals surface area contributed by atoms with Crippen molar-refractivity contribution < 1.29 is 0 Å². The maximum Gasteiger partial charge on any atom is 0.0367 e. The minimum Gasteiger partial charge on any atom is -0.373 e. The summed E-state index contributed by atoms with van der Waals surface area (Å²) in [5, 5.41) is 0. The third-order valence-corrected chi connectivity index (χ3v) is 3.23. The van der Waals surface area contributed by atoms with E-state index in [2.05, 4.69) is 55.0 Å². The van der Waals surface area contributed by atoms with Gasteiger partial charge in [-0.15, -0.1) is 0 Å². The van der Waals surface area contributed by atoms with Gasteiger partial charge in [0.1, 0.15) is 0 Å². The van der Waals surface area contributed by atoms with Gasteiger partial charge >= 0.3 is 0 Å². The molecule has 0 aromatic heterocycles. The number of nitrogens with zero attached hydrogens (tertiary/aromatic N) is 2. The number of rotatable bonds is 7. The van der Waals surface area contributed by atoms with Crippen molar-refractivity contribution in [2.75, 3.05) is 38.1 Å². The summed E-state index contributed by atoms with van der Waals surface area (Å²) >= 11 is 0. The van der Waals surface area contributed by atoms with Crippen LogP contribution in [0.1, 0.15) is 19.4 Å². The van der Waals surface area contributed by atoms with Gasteiger partial charge in [0.05, 0.1) is 0 Å². The Labute approximate surface area is 105 Å². The summed E-state index contributed by atoms with van der Waals surface area (Å²) in [4.78, 5) is 4.72. The van der Waals surface area contributed by atoms with Crippen LogP contribution in [-0.4, -0.2) is 38.1 Å². The van der Waals surface area contributed by atoms with Crippen molar-refractivity contribution in [1.29, 1.82) is 0 Å². The van der Waals surface area contributed by atoms with E-state index in [0.29, 0.717) is 6.54 Å². The molecule has 3 heteroatoms. The predicted octanol–water partition coefficient (Wildman–Crippen LogP) is 1.92. The predicted molar refractivity (Wildman–Crippen MR) is 75.4 cm³/mol. The van der Waals surface area contributed by atoms with Crippen molar-refractivity contribution in [3.8, 4) is 0 Å². The summed E-state index contributed by atoms with van der Waals surface area (Å²) < 4.78 is 0. The van der Waals surface area contributed by atoms with Crippen LogP contribution in [0.5, 0.6) is 0 Å². The Morgan fingerprint density at radius 1 is 1.12 bits per heavy atom. The molecule has 0 atom stereocenters. The van der Waals surface area contributed by atoms with Gasteiger partial charge in [0.2, 0.25) is 0 Å². The van der Waals surface area contributed by atoms with Crippen LogP contribution in [0.25, 0.3) is 0 Å². The van der Waals surface area contributed by atoms with E-state index in [0.717, 1.165) is 26.2 Å². The first kappa shape index (κ1) is 14.0. The normalized spacial score (nSPS) is 10.9. The Hall–Kier alpha value is -1.06. The second-order valence-electron chi connectivity index (χ2n) is 4.32. The quantitative estimate of drug-likeness (QED) is 0.784. The number of hydrogen-bond donors (Lipinski definition) is 1. The van der Waals surface area contributed by atoms with Crippen molar-refractivity contribution in [3.05, 3.63) is 29.8 Å². The largest absolute Gasteiger partial charge is 0.373 e. The van der Waals surface area contributed by atoms with Gasteiger partial charge < -0.3 is 15.5 Å². The molecule has 3 nitrogen and oxygen atoms in total. The van der Waals surface area contributed by atoms with E-state index in [1.165, 1.54) is 11.3 Å². The van der Waals surface area contributed by atoms with E-state index in [-0.39, 0.29) is 0 Å². The molecule has 0 aliphatic carbocycles. The molecule has 0 bridgehead atoms. The van der Waals surface area contributed by atoms with E-state index in [1.807, 2.05) is 0 Å². The highest BCUT2D eigenvalue weighted by Crippen LogP contribution is 2.14. The second-order valence-corrected chi connectivity index (χ2v) is 4.32. The summed E-state index contributed by atoms with van der Waals surface area (Å²) in [6, 6.07) is 8.46. The Bertz CT molecular complexity index is 321. The maximum absolute atomic E-state index is 5.66. The molecule has 0 unspecified atom stereocenters. The molecule has 0 saturated heterocycles. The standard InChI is InChI=1S/C14H25N3/c1-4-17(5-2)10-9-16(3)14-8-6-7-13(11-14)12-15/h6-8,11H,4-5,9-10,12,15H2,1-3H3. The van der Waals surface area contributed by atoms with Crippen LogP contribution in [0, 0.1) is 0 Å². The molecule has 2 N–H and O–H groups in total. The minimum atomic E-state index is 0.609. The summed E-state index contributed by atoms with van der Waals surface area (Å²) in [6.45, 7) is 9.42. The highest BCUT2D eigenvalue weighted by molar-refractivity contribution is 5.47. The molecule has 0 aliphatic heterocycles. The van der Waals surface area contributed by atoms with Gasteiger partial charge in [-0.3, -0.25) is 0 Å². The molecule has 0 radical (unpaired) electrons. The molecule has 0 saturated carbocycles. The molecule has 1 aromatic carbocycles. The third kappa shape index (κ3) is 4.36. The molecular weight excluding hydrogens is 210 g/mol. The molecule has 17 heavy (non-hydrogen) atoms. The van der Waals surface area contributed by atoms with Gasteiger partial charge in [0, 0.05) is 32.4 Å². The van der Waals surface area contributed by atoms with Gasteiger partial charge in [0.15, 0.2) is 0 Å². The molecule has 0 aliphatic rings. The summed E-state index contributed by atoms with van der Waals surface area (Å²) in [6.07, 6.45) is 0. The van der Waals surface area contributed by atoms with E-state index in [9.17, 15) is 0 Å². The number of nitrogens with two attached hydrogens (primary N) is 1. The average molecular weight is 235 g/mol. The molecule has 0 amide bonds. The molecule has 1 rings (SSSR count). The SMILES string of the molecule is CCN(CC)CCN(C)c1cccc(CN)c1. The van der Waals surface area contributed by atoms with Crippen molar-refractivity contribution in [2.45, 2.75) is 20.4 Å². The monoisotopic (exact) mass is 235 g/mol. The Morgan fingerprint density at radius 3 is 2.41 bits per heavy atom. The lowest BCUT2D eigenvalue weighted by atomic mass is 10.2. The first-order valence-electron chi connectivity index (χ1n) is 6.43. The zero-order valence-electron chi connectivity index (χ0n) is 11.3. The van der Waals surface area contributed by atoms with Crippen LogP contribution in [0.15, 0.2) is 24.3 Å². The number of hydrogen-bond acceptors (Lipinski definition) is 3. The van der Waals surface area contributed by atoms with Crippen LogP contribution < -0.4 is 10.6 Å². The molecule has 0 heterocycles. The van der Waals surface area contributed by atoms with E-state index < -0.39 is 0 Å². The van der Waals surface area contributed by atoms with Crippen LogP contribution in [0.2, 0.25) is 0 Å². The highest BCUT2D eigenvalue weighted by Gasteiger charge is 2.04. The topological polar surface area (TPSA) is 32.5 Å². The van der Waals surface area contributed by atoms with E-state index >= 15 is 0 Å². The zero-order chi connectivity index (χ0) is 12.7. The van der Waals surface area contributed by atoms with Crippen molar-refractivity contribution in [2.24, 2.45) is 5.73 Å². The number of anilines is 1. The van der Waals surface area contributed by atoms with Gasteiger partial charge in [0.25, 0.3) is 0 Å². The van der Waals surface area contributed by atoms with Gasteiger partial charge in [-0.1, -0.05) is 26.0 Å². The lowest BCUT2D eigenvalue weighted by molar-refractivity contribution is 0.311. The molecule has 0 fully saturated rings. The summed E-state index contributed by atoms with van der Waals surface area (Å²) in [5.74, 6) is 0. The minimum absolute atomic E-state index is 0.609. The first-order chi connectivity index (χ1) is 8.21. The molecule has 1 aromatic rings. The first-order valence-corrected chi connectivity index (χ1v) is 6.43. The fourth-order valence-electron chi connectivity index (χ4n) is 1.88. The van der Waals surface area contributed by atoms with Crippen molar-refractivity contribution in [3.63, 3.8) is 0 Å². The third-order valence-electron chi connectivity index (χ3n) is 3.23. The highest BCUT2D eigenvalue weighted by atomic mass is 15.2. The molecular formula is C14H25N3. The number of likely N-dealkylation sites (N-methyl/N-ethyl adjacent to an activating group) is 2. The Kier molecular flexibility index (Phi) is 6.01. The summed E-state index contributed by atoms with van der Waals surface area (Å²) in [5.41, 5.74) is 8.10. The fraction of sp³-hybridized carbons (Fsp3) is 0.571. The van der Waals surface area contributed by atoms with Gasteiger partial charge in [-0.2, -0.15) is 0 Å². The lowest BCUT2D eigenvalue weighted by Crippen LogP contribution is -2.33. The maximum atomic E-state index is 5.66. The Morgan fingerprint density at radius 2 is 1.82 bits per heavy atom. The Balaban J connectivity index is 2.53. The average Bonchev–Trinajstić information content (AvgIpc) is 2.39. The molecule has 0 spiro atoms. The second kappa shape index (κ2) is 7.30. The van der Waals surface area contributed by atoms with Gasteiger partial charge in [-0.25, -0.2) is 0 Å². The van der Waals surface area contributed by atoms with Crippen LogP contribution in [0.3, 0.4) is 0 Å².